The van der Waals surface area contributed by atoms with E-state index in [1.54, 1.807) is 0 Å². The number of nitrogens with zero attached hydrogens (tertiary/aromatic N) is 3. The van der Waals surface area contributed by atoms with Crippen LogP contribution in [0, 0.1) is 0 Å². The zero-order chi connectivity index (χ0) is 12.6. The topological polar surface area (TPSA) is 55.0 Å². The van der Waals surface area contributed by atoms with Crippen LogP contribution in [0.3, 0.4) is 0 Å². The van der Waals surface area contributed by atoms with E-state index in [4.69, 9.17) is 17.3 Å². The zero-order valence-corrected chi connectivity index (χ0v) is 9.46. The van der Waals surface area contributed by atoms with Gasteiger partial charge in [-0.15, -0.1) is 0 Å². The van der Waals surface area contributed by atoms with Crippen molar-refractivity contribution >= 4 is 23.2 Å². The first-order valence-corrected chi connectivity index (χ1v) is 5.35. The van der Waals surface area contributed by atoms with Crippen LogP contribution in [0.15, 0.2) is 6.33 Å². The monoisotopic (exact) mass is 266 g/mol. The van der Waals surface area contributed by atoms with Gasteiger partial charge < -0.3 is 10.6 Å². The third kappa shape index (κ3) is 2.91. The molecule has 1 aliphatic carbocycles. The summed E-state index contributed by atoms with van der Waals surface area (Å²) in [4.78, 5) is 8.55. The minimum Gasteiger partial charge on any atom is -0.382 e. The van der Waals surface area contributed by atoms with Crippen LogP contribution in [0.2, 0.25) is 5.02 Å². The second-order valence-corrected chi connectivity index (χ2v) is 4.25. The average molecular weight is 267 g/mol. The van der Waals surface area contributed by atoms with Gasteiger partial charge in [-0.05, 0) is 12.8 Å². The molecule has 0 unspecified atom stereocenters. The molecule has 2 N–H and O–H groups in total. The summed E-state index contributed by atoms with van der Waals surface area (Å²) in [6.07, 6.45) is -1.78. The second-order valence-electron chi connectivity index (χ2n) is 3.87. The molecule has 0 aliphatic heterocycles. The molecule has 0 aromatic carbocycles. The molecule has 1 aromatic rings. The van der Waals surface area contributed by atoms with Crippen LogP contribution in [0.1, 0.15) is 12.8 Å². The first-order valence-electron chi connectivity index (χ1n) is 4.98. The summed E-state index contributed by atoms with van der Waals surface area (Å²) in [5, 5.41) is -0.0244. The first-order chi connectivity index (χ1) is 7.88. The van der Waals surface area contributed by atoms with Gasteiger partial charge in [0.2, 0.25) is 0 Å². The number of hydrogen-bond acceptors (Lipinski definition) is 4. The zero-order valence-electron chi connectivity index (χ0n) is 8.71. The second kappa shape index (κ2) is 4.21. The molecule has 0 atom stereocenters. The van der Waals surface area contributed by atoms with E-state index >= 15 is 0 Å². The molecule has 1 aliphatic rings. The predicted molar refractivity (Wildman–Crippen MR) is 57.9 cm³/mol. The number of hydrogen-bond donors (Lipinski definition) is 1. The largest absolute Gasteiger partial charge is 0.405 e. The number of nitrogen functional groups attached to an aromatic ring is 1. The van der Waals surface area contributed by atoms with Crippen LogP contribution in [0.25, 0.3) is 0 Å². The minimum atomic E-state index is -4.30. The molecule has 0 radical (unpaired) electrons. The van der Waals surface area contributed by atoms with Crippen molar-refractivity contribution in [2.24, 2.45) is 0 Å². The summed E-state index contributed by atoms with van der Waals surface area (Å²) < 4.78 is 37.4. The number of nitrogens with two attached hydrogens (primary N) is 1. The number of rotatable bonds is 3. The Bertz CT molecular complexity index is 419. The number of halogens is 4. The van der Waals surface area contributed by atoms with E-state index in [0.717, 1.165) is 11.2 Å². The molecule has 1 fully saturated rings. The van der Waals surface area contributed by atoms with E-state index in [1.807, 2.05) is 0 Å². The van der Waals surface area contributed by atoms with Crippen LogP contribution in [-0.4, -0.2) is 28.7 Å². The average Bonchev–Trinajstić information content (AvgIpc) is 3.01. The highest BCUT2D eigenvalue weighted by Crippen LogP contribution is 2.37. The van der Waals surface area contributed by atoms with E-state index in [0.29, 0.717) is 12.8 Å². The van der Waals surface area contributed by atoms with Gasteiger partial charge >= 0.3 is 6.18 Å². The molecule has 0 saturated heterocycles. The molecule has 0 amide bonds. The van der Waals surface area contributed by atoms with Gasteiger partial charge in [-0.25, -0.2) is 9.97 Å². The summed E-state index contributed by atoms with van der Waals surface area (Å²) in [6.45, 7) is -1.08. The van der Waals surface area contributed by atoms with Crippen LogP contribution in [-0.2, 0) is 0 Å². The highest BCUT2D eigenvalue weighted by atomic mass is 35.5. The Morgan fingerprint density at radius 2 is 2.06 bits per heavy atom. The van der Waals surface area contributed by atoms with E-state index in [9.17, 15) is 13.2 Å². The highest BCUT2D eigenvalue weighted by Gasteiger charge is 2.39. The van der Waals surface area contributed by atoms with E-state index in [1.165, 1.54) is 0 Å². The molecule has 0 spiro atoms. The fraction of sp³-hybridized carbons (Fsp3) is 0.556. The fourth-order valence-electron chi connectivity index (χ4n) is 1.53. The van der Waals surface area contributed by atoms with Gasteiger partial charge in [0.05, 0.1) is 0 Å². The maximum Gasteiger partial charge on any atom is 0.405 e. The molecule has 4 nitrogen and oxygen atoms in total. The minimum absolute atomic E-state index is 0.00973. The molecule has 0 bridgehead atoms. The standard InChI is InChI=1S/C9H10ClF3N4/c10-6-7(14)15-4-16-8(6)17(5-1-2-5)3-9(11,12)13/h4-5H,1-3H2,(H2,14,15,16). The van der Waals surface area contributed by atoms with Gasteiger partial charge in [0.25, 0.3) is 0 Å². The quantitative estimate of drug-likeness (QED) is 0.912. The molecule has 1 heterocycles. The third-order valence-corrected chi connectivity index (χ3v) is 2.77. The van der Waals surface area contributed by atoms with Crippen molar-refractivity contribution in [3.8, 4) is 0 Å². The smallest absolute Gasteiger partial charge is 0.382 e. The maximum absolute atomic E-state index is 12.5. The summed E-state index contributed by atoms with van der Waals surface area (Å²) >= 11 is 5.83. The fourth-order valence-corrected chi connectivity index (χ4v) is 1.74. The maximum atomic E-state index is 12.5. The molecular formula is C9H10ClF3N4. The van der Waals surface area contributed by atoms with Crippen LogP contribution < -0.4 is 10.6 Å². The Morgan fingerprint density at radius 1 is 1.41 bits per heavy atom. The number of alkyl halides is 3. The lowest BCUT2D eigenvalue weighted by molar-refractivity contribution is -0.120. The van der Waals surface area contributed by atoms with E-state index in [-0.39, 0.29) is 22.7 Å². The van der Waals surface area contributed by atoms with Crippen molar-refractivity contribution in [3.05, 3.63) is 11.3 Å². The van der Waals surface area contributed by atoms with Gasteiger partial charge in [0.1, 0.15) is 23.7 Å². The normalized spacial score (nSPS) is 16.0. The first kappa shape index (κ1) is 12.2. The molecule has 94 valence electrons. The van der Waals surface area contributed by atoms with E-state index < -0.39 is 12.7 Å². The van der Waals surface area contributed by atoms with Gasteiger partial charge in [-0.3, -0.25) is 0 Å². The van der Waals surface area contributed by atoms with Gasteiger partial charge in [0, 0.05) is 6.04 Å². The molecule has 1 saturated carbocycles. The Balaban J connectivity index is 2.29. The van der Waals surface area contributed by atoms with Gasteiger partial charge in [-0.1, -0.05) is 11.6 Å². The number of aromatic nitrogens is 2. The SMILES string of the molecule is Nc1ncnc(N(CC(F)(F)F)C2CC2)c1Cl. The highest BCUT2D eigenvalue weighted by molar-refractivity contribution is 6.35. The Labute approximate surface area is 101 Å². The van der Waals surface area contributed by atoms with Crippen molar-refractivity contribution in [3.63, 3.8) is 0 Å². The Morgan fingerprint density at radius 3 is 2.59 bits per heavy atom. The lowest BCUT2D eigenvalue weighted by Gasteiger charge is -2.25. The van der Waals surface area contributed by atoms with Crippen molar-refractivity contribution in [1.29, 1.82) is 0 Å². The number of anilines is 2. The lowest BCUT2D eigenvalue weighted by atomic mass is 10.4. The van der Waals surface area contributed by atoms with Crippen LogP contribution in [0.4, 0.5) is 24.8 Å². The summed E-state index contributed by atoms with van der Waals surface area (Å²) in [5.74, 6) is 0.0449. The van der Waals surface area contributed by atoms with Crippen LogP contribution >= 0.6 is 11.6 Å². The molecule has 8 heteroatoms. The van der Waals surface area contributed by atoms with Crippen molar-refractivity contribution in [2.45, 2.75) is 25.1 Å². The van der Waals surface area contributed by atoms with Crippen LogP contribution in [0.5, 0.6) is 0 Å². The van der Waals surface area contributed by atoms with Crippen molar-refractivity contribution in [1.82, 2.24) is 9.97 Å². The third-order valence-electron chi connectivity index (χ3n) is 2.41. The molecule has 1 aromatic heterocycles. The van der Waals surface area contributed by atoms with Gasteiger partial charge in [-0.2, -0.15) is 13.2 Å². The molecule has 2 rings (SSSR count). The summed E-state index contributed by atoms with van der Waals surface area (Å²) in [7, 11) is 0. The summed E-state index contributed by atoms with van der Waals surface area (Å²) in [6, 6.07) is -0.163. The van der Waals surface area contributed by atoms with Crippen molar-refractivity contribution < 1.29 is 13.2 Å². The van der Waals surface area contributed by atoms with Gasteiger partial charge in [0.15, 0.2) is 5.82 Å². The Kier molecular flexibility index (Phi) is 3.03. The molecule has 17 heavy (non-hydrogen) atoms. The van der Waals surface area contributed by atoms with E-state index in [2.05, 4.69) is 9.97 Å². The predicted octanol–water partition coefficient (Wildman–Crippen LogP) is 2.24. The summed E-state index contributed by atoms with van der Waals surface area (Å²) in [5.41, 5.74) is 5.45. The molecular weight excluding hydrogens is 257 g/mol. The van der Waals surface area contributed by atoms with Crippen molar-refractivity contribution in [2.75, 3.05) is 17.2 Å². The lowest BCUT2D eigenvalue weighted by Crippen LogP contribution is -2.36. The Hall–Kier alpha value is -1.24.